The summed E-state index contributed by atoms with van der Waals surface area (Å²) >= 11 is 0. The zero-order valence-corrected chi connectivity index (χ0v) is 25.7. The van der Waals surface area contributed by atoms with Crippen molar-refractivity contribution in [2.75, 3.05) is 0 Å². The predicted molar refractivity (Wildman–Crippen MR) is 169 cm³/mol. The Morgan fingerprint density at radius 3 is 2.72 bits per heavy atom. The first-order valence-corrected chi connectivity index (χ1v) is 15.9. The Kier molecular flexibility index (Phi) is 7.93. The van der Waals surface area contributed by atoms with Gasteiger partial charge in [0.25, 0.3) is 0 Å². The van der Waals surface area contributed by atoms with Crippen molar-refractivity contribution in [2.45, 2.75) is 99.3 Å². The molecule has 2 saturated carbocycles. The number of dihydropyridines is 1. The molecule has 1 heterocycles. The topological polar surface area (TPSA) is 12.4 Å². The van der Waals surface area contributed by atoms with Gasteiger partial charge in [0, 0.05) is 0 Å². The molecule has 0 aromatic carbocycles. The lowest BCUT2D eigenvalue weighted by atomic mass is 9.46. The average molecular weight is 523 g/mol. The molecule has 1 aliphatic heterocycles. The molecule has 2 fully saturated rings. The van der Waals surface area contributed by atoms with Crippen molar-refractivity contribution < 1.29 is 0 Å². The molecule has 0 N–H and O–H groups in total. The van der Waals surface area contributed by atoms with Crippen molar-refractivity contribution in [1.29, 1.82) is 0 Å². The second kappa shape index (κ2) is 10.9. The average Bonchev–Trinajstić information content (AvgIpc) is 3.25. The van der Waals surface area contributed by atoms with Crippen molar-refractivity contribution in [1.82, 2.24) is 0 Å². The Balaban J connectivity index is 1.35. The van der Waals surface area contributed by atoms with Gasteiger partial charge in [0.1, 0.15) is 0 Å². The molecular weight excluding hydrogens is 470 g/mol. The third-order valence-corrected chi connectivity index (χ3v) is 12.1. The lowest BCUT2D eigenvalue weighted by Crippen LogP contribution is -2.50. The monoisotopic (exact) mass is 522 g/mol. The van der Waals surface area contributed by atoms with Gasteiger partial charge in [-0.2, -0.15) is 17.2 Å². The second-order valence-corrected chi connectivity index (χ2v) is 13.8. The first kappa shape index (κ1) is 28.3. The van der Waals surface area contributed by atoms with Crippen LogP contribution in [0.4, 0.5) is 0 Å². The maximum atomic E-state index is 4.80. The summed E-state index contributed by atoms with van der Waals surface area (Å²) in [6.45, 7) is 25.2. The van der Waals surface area contributed by atoms with Crippen LogP contribution >= 0.6 is 0 Å². The largest absolute Gasteiger partial charge is 0.410 e. The SMILES string of the molecule is C=C/C(CC)=C(/C)CC(CC)CC1CCC2C3CC=C4[CH-]C=C([C-]5C=N[CH-]C(C)=C5)C(=C)C4(C)C3CCC12C. The summed E-state index contributed by atoms with van der Waals surface area (Å²) in [5.74, 6) is 5.18. The second-order valence-electron chi connectivity index (χ2n) is 13.8. The minimum atomic E-state index is 0.0330. The van der Waals surface area contributed by atoms with E-state index in [0.29, 0.717) is 11.3 Å². The molecular formula is C38H52N-3. The number of rotatable bonds is 8. The van der Waals surface area contributed by atoms with Crippen LogP contribution in [0.2, 0.25) is 0 Å². The van der Waals surface area contributed by atoms with E-state index < -0.39 is 0 Å². The lowest BCUT2D eigenvalue weighted by molar-refractivity contribution is -0.0274. The van der Waals surface area contributed by atoms with Gasteiger partial charge in [-0.15, -0.1) is 19.3 Å². The molecule has 0 spiro atoms. The highest BCUT2D eigenvalue weighted by atomic mass is 14.7. The van der Waals surface area contributed by atoms with Crippen LogP contribution in [0, 0.1) is 59.3 Å². The molecule has 212 valence electrons. The molecule has 0 radical (unpaired) electrons. The van der Waals surface area contributed by atoms with Gasteiger partial charge in [-0.3, -0.25) is 17.6 Å². The molecule has 1 heteroatoms. The van der Waals surface area contributed by atoms with E-state index in [9.17, 15) is 0 Å². The Bertz CT molecular complexity index is 1140. The quantitative estimate of drug-likeness (QED) is 0.222. The molecule has 0 aromatic rings. The molecule has 0 saturated heterocycles. The summed E-state index contributed by atoms with van der Waals surface area (Å²) in [6.07, 6.45) is 25.5. The van der Waals surface area contributed by atoms with Crippen LogP contribution in [-0.2, 0) is 0 Å². The van der Waals surface area contributed by atoms with Gasteiger partial charge >= 0.3 is 0 Å². The summed E-state index contributed by atoms with van der Waals surface area (Å²) in [5.41, 5.74) is 8.89. The predicted octanol–water partition coefficient (Wildman–Crippen LogP) is 10.6. The van der Waals surface area contributed by atoms with Crippen molar-refractivity contribution in [2.24, 2.45) is 45.4 Å². The summed E-state index contributed by atoms with van der Waals surface area (Å²) in [5, 5.41) is 0. The fourth-order valence-corrected chi connectivity index (χ4v) is 9.66. The van der Waals surface area contributed by atoms with Gasteiger partial charge in [0.15, 0.2) is 0 Å². The number of hydrogen-bond donors (Lipinski definition) is 0. The lowest BCUT2D eigenvalue weighted by Gasteiger charge is -2.64. The van der Waals surface area contributed by atoms with E-state index in [0.717, 1.165) is 30.1 Å². The maximum Gasteiger partial charge on any atom is -0.0267 e. The van der Waals surface area contributed by atoms with Crippen LogP contribution in [0.5, 0.6) is 0 Å². The van der Waals surface area contributed by atoms with Crippen LogP contribution in [0.3, 0.4) is 0 Å². The first-order chi connectivity index (χ1) is 18.7. The summed E-state index contributed by atoms with van der Waals surface area (Å²) in [4.78, 5) is 4.51. The molecule has 1 nitrogen and oxygen atoms in total. The Morgan fingerprint density at radius 2 is 2.03 bits per heavy atom. The fraction of sp³-hybridized carbons (Fsp3) is 0.579. The van der Waals surface area contributed by atoms with Crippen molar-refractivity contribution in [3.63, 3.8) is 0 Å². The molecule has 7 unspecified atom stereocenters. The summed E-state index contributed by atoms with van der Waals surface area (Å²) in [6, 6.07) is 0. The molecule has 7 atom stereocenters. The van der Waals surface area contributed by atoms with Crippen LogP contribution in [0.25, 0.3) is 0 Å². The van der Waals surface area contributed by atoms with E-state index in [1.165, 1.54) is 85.2 Å². The van der Waals surface area contributed by atoms with Crippen molar-refractivity contribution >= 4 is 6.21 Å². The fourth-order valence-electron chi connectivity index (χ4n) is 9.66. The minimum absolute atomic E-state index is 0.0330. The van der Waals surface area contributed by atoms with E-state index in [-0.39, 0.29) is 5.41 Å². The molecule has 0 amide bonds. The van der Waals surface area contributed by atoms with Crippen molar-refractivity contribution in [3.8, 4) is 0 Å². The van der Waals surface area contributed by atoms with Crippen LogP contribution in [0.15, 0.2) is 75.9 Å². The van der Waals surface area contributed by atoms with Gasteiger partial charge in [0.2, 0.25) is 0 Å². The molecule has 39 heavy (non-hydrogen) atoms. The van der Waals surface area contributed by atoms with Gasteiger partial charge in [-0.05, 0) is 97.9 Å². The zero-order valence-electron chi connectivity index (χ0n) is 25.7. The number of hydrogen-bond acceptors (Lipinski definition) is 1. The molecule has 5 rings (SSSR count). The molecule has 4 aliphatic carbocycles. The smallest absolute Gasteiger partial charge is 0.0267 e. The third kappa shape index (κ3) is 4.72. The number of fused-ring (bicyclic) bond motifs is 5. The summed E-state index contributed by atoms with van der Waals surface area (Å²) < 4.78 is 0. The number of allylic oxidation sites excluding steroid dienone is 9. The normalized spacial score (nSPS) is 36.7. The van der Waals surface area contributed by atoms with Crippen LogP contribution in [0.1, 0.15) is 99.3 Å². The van der Waals surface area contributed by atoms with Gasteiger partial charge < -0.3 is 4.99 Å². The van der Waals surface area contributed by atoms with E-state index in [2.05, 4.69) is 83.8 Å². The van der Waals surface area contributed by atoms with E-state index in [1.807, 2.05) is 12.8 Å². The molecule has 0 bridgehead atoms. The minimum Gasteiger partial charge on any atom is -0.410 e. The van der Waals surface area contributed by atoms with Gasteiger partial charge in [0.05, 0.1) is 0 Å². The first-order valence-electron chi connectivity index (χ1n) is 15.9. The molecule has 5 aliphatic rings. The third-order valence-electron chi connectivity index (χ3n) is 12.1. The molecule has 0 aromatic heterocycles. The highest BCUT2D eigenvalue weighted by Gasteiger charge is 2.56. The standard InChI is InChI=1S/C38H52N/c1-9-28(21-26(5)29(10-2)11-3)22-32-14-17-35-34-16-13-31-12-15-33(30-20-25(4)23-39-24-30)27(6)38(31,8)36(34)18-19-37(32,35)7/h10,12-13,15,20,23-24,28,32,34-36H,2,6,9,11,14,16-19,21-22H2,1,3-5,7-8H3/q-3/b29-26+. The Hall–Kier alpha value is -2.28. The summed E-state index contributed by atoms with van der Waals surface area (Å²) in [7, 11) is 0. The highest BCUT2D eigenvalue weighted by molar-refractivity contribution is 5.89. The number of aliphatic imine (C=N–C) groups is 1. The van der Waals surface area contributed by atoms with Crippen molar-refractivity contribution in [3.05, 3.63) is 89.8 Å². The Labute approximate surface area is 240 Å². The van der Waals surface area contributed by atoms with E-state index in [1.54, 1.807) is 5.57 Å². The van der Waals surface area contributed by atoms with Crippen LogP contribution in [-0.4, -0.2) is 6.21 Å². The zero-order chi connectivity index (χ0) is 27.9. The van der Waals surface area contributed by atoms with Crippen LogP contribution < -0.4 is 0 Å². The maximum absolute atomic E-state index is 4.80. The highest BCUT2D eigenvalue weighted by Crippen LogP contribution is 2.68. The van der Waals surface area contributed by atoms with E-state index >= 15 is 0 Å². The van der Waals surface area contributed by atoms with Gasteiger partial charge in [-0.1, -0.05) is 65.7 Å². The number of nitrogens with zero attached hydrogens (tertiary/aromatic N) is 1. The van der Waals surface area contributed by atoms with Gasteiger partial charge in [-0.25, -0.2) is 18.1 Å². The van der Waals surface area contributed by atoms with E-state index in [4.69, 9.17) is 6.58 Å². The Morgan fingerprint density at radius 1 is 1.23 bits per heavy atom.